The molecule has 0 heterocycles. The molecule has 2 rings (SSSR count). The van der Waals surface area contributed by atoms with Gasteiger partial charge in [0.05, 0.1) is 9.92 Å². The molecule has 0 radical (unpaired) electrons. The van der Waals surface area contributed by atoms with Gasteiger partial charge in [-0.1, -0.05) is 11.6 Å². The van der Waals surface area contributed by atoms with E-state index in [2.05, 4.69) is 4.72 Å². The van der Waals surface area contributed by atoms with Crippen molar-refractivity contribution < 1.29 is 22.7 Å². The van der Waals surface area contributed by atoms with E-state index in [9.17, 15) is 17.6 Å². The van der Waals surface area contributed by atoms with Gasteiger partial charge in [0.15, 0.2) is 0 Å². The summed E-state index contributed by atoms with van der Waals surface area (Å²) in [4.78, 5) is 10.7. The largest absolute Gasteiger partial charge is 0.480 e. The van der Waals surface area contributed by atoms with Crippen LogP contribution in [-0.2, 0) is 14.8 Å². The number of carboxylic acid groups (broad SMARTS) is 1. The van der Waals surface area contributed by atoms with E-state index in [0.717, 1.165) is 18.2 Å². The Morgan fingerprint density at radius 1 is 1.47 bits per heavy atom. The zero-order chi connectivity index (χ0) is 14.2. The summed E-state index contributed by atoms with van der Waals surface area (Å²) in [5, 5.41) is 8.65. The molecule has 8 heteroatoms. The molecule has 1 aliphatic carbocycles. The van der Waals surface area contributed by atoms with Crippen LogP contribution in [0.2, 0.25) is 5.02 Å². The van der Waals surface area contributed by atoms with Crippen LogP contribution in [0.1, 0.15) is 12.8 Å². The minimum absolute atomic E-state index is 0.191. The molecular weight excluding hydrogens is 297 g/mol. The number of nitrogens with one attached hydrogen (secondary N) is 1. The Hall–Kier alpha value is -1.18. The predicted octanol–water partition coefficient (Wildman–Crippen LogP) is 1.62. The van der Waals surface area contributed by atoms with Crippen LogP contribution < -0.4 is 4.72 Å². The molecule has 0 amide bonds. The van der Waals surface area contributed by atoms with Crippen LogP contribution in [0.3, 0.4) is 0 Å². The van der Waals surface area contributed by atoms with Gasteiger partial charge in [0.25, 0.3) is 0 Å². The summed E-state index contributed by atoms with van der Waals surface area (Å²) in [6.07, 6.45) is 1.34. The normalized spacial score (nSPS) is 17.2. The standard InChI is InChI=1S/C11H11ClFNO4S/c12-8-5-7(3-4-9(8)13)19(17,18)14-10(11(15)16)6-1-2-6/h3-6,10,14H,1-2H2,(H,15,16). The van der Waals surface area contributed by atoms with Crippen molar-refractivity contribution in [2.75, 3.05) is 0 Å². The topological polar surface area (TPSA) is 83.5 Å². The zero-order valence-electron chi connectivity index (χ0n) is 9.64. The lowest BCUT2D eigenvalue weighted by atomic mass is 10.2. The van der Waals surface area contributed by atoms with Gasteiger partial charge in [-0.3, -0.25) is 4.79 Å². The zero-order valence-corrected chi connectivity index (χ0v) is 11.2. The first kappa shape index (κ1) is 14.2. The van der Waals surface area contributed by atoms with Crippen molar-refractivity contribution in [1.29, 1.82) is 0 Å². The van der Waals surface area contributed by atoms with Crippen LogP contribution in [0, 0.1) is 11.7 Å². The highest BCUT2D eigenvalue weighted by Crippen LogP contribution is 2.33. The molecule has 1 aromatic carbocycles. The lowest BCUT2D eigenvalue weighted by Gasteiger charge is -2.14. The van der Waals surface area contributed by atoms with Gasteiger partial charge in [-0.05, 0) is 37.0 Å². The number of hydrogen-bond acceptors (Lipinski definition) is 3. The molecule has 0 saturated heterocycles. The maximum atomic E-state index is 13.0. The molecule has 1 aliphatic rings. The summed E-state index contributed by atoms with van der Waals surface area (Å²) < 4.78 is 39.1. The third-order valence-corrected chi connectivity index (χ3v) is 4.57. The van der Waals surface area contributed by atoms with Crippen molar-refractivity contribution in [2.45, 2.75) is 23.8 Å². The number of aliphatic carboxylic acids is 1. The summed E-state index contributed by atoms with van der Waals surface area (Å²) >= 11 is 5.51. The number of halogens is 2. The van der Waals surface area contributed by atoms with Gasteiger partial charge in [0.2, 0.25) is 10.0 Å². The molecule has 5 nitrogen and oxygen atoms in total. The molecule has 19 heavy (non-hydrogen) atoms. The maximum absolute atomic E-state index is 13.0. The fourth-order valence-corrected chi connectivity index (χ4v) is 3.19. The lowest BCUT2D eigenvalue weighted by Crippen LogP contribution is -2.42. The van der Waals surface area contributed by atoms with Crippen molar-refractivity contribution >= 4 is 27.6 Å². The number of carbonyl (C=O) groups is 1. The van der Waals surface area contributed by atoms with Crippen LogP contribution >= 0.6 is 11.6 Å². The first-order valence-corrected chi connectivity index (χ1v) is 7.37. The summed E-state index contributed by atoms with van der Waals surface area (Å²) in [7, 11) is -4.03. The average Bonchev–Trinajstić information content (AvgIpc) is 3.13. The molecule has 1 unspecified atom stereocenters. The maximum Gasteiger partial charge on any atom is 0.322 e. The van der Waals surface area contributed by atoms with Crippen LogP contribution in [0.25, 0.3) is 0 Å². The van der Waals surface area contributed by atoms with Crippen molar-refractivity contribution in [2.24, 2.45) is 5.92 Å². The highest BCUT2D eigenvalue weighted by atomic mass is 35.5. The molecule has 1 atom stereocenters. The fourth-order valence-electron chi connectivity index (χ4n) is 1.66. The number of sulfonamides is 1. The second kappa shape index (κ2) is 5.07. The van der Waals surface area contributed by atoms with Crippen molar-refractivity contribution in [3.8, 4) is 0 Å². The van der Waals surface area contributed by atoms with Gasteiger partial charge >= 0.3 is 5.97 Å². The molecule has 0 aromatic heterocycles. The van der Waals surface area contributed by atoms with E-state index in [0.29, 0.717) is 12.8 Å². The Morgan fingerprint density at radius 2 is 2.11 bits per heavy atom. The Balaban J connectivity index is 2.26. The Kier molecular flexibility index (Phi) is 3.80. The highest BCUT2D eigenvalue weighted by Gasteiger charge is 2.39. The van der Waals surface area contributed by atoms with Crippen molar-refractivity contribution in [3.05, 3.63) is 29.0 Å². The van der Waals surface area contributed by atoms with E-state index < -0.39 is 27.9 Å². The van der Waals surface area contributed by atoms with E-state index in [1.807, 2.05) is 0 Å². The molecule has 0 spiro atoms. The molecule has 2 N–H and O–H groups in total. The van der Waals surface area contributed by atoms with Crippen LogP contribution in [-0.4, -0.2) is 25.5 Å². The first-order valence-electron chi connectivity index (χ1n) is 5.51. The molecule has 104 valence electrons. The van der Waals surface area contributed by atoms with Gasteiger partial charge in [0, 0.05) is 0 Å². The van der Waals surface area contributed by atoms with Gasteiger partial charge in [0.1, 0.15) is 11.9 Å². The van der Waals surface area contributed by atoms with Crippen LogP contribution in [0.5, 0.6) is 0 Å². The van der Waals surface area contributed by atoms with E-state index in [-0.39, 0.29) is 15.8 Å². The number of hydrogen-bond donors (Lipinski definition) is 2. The minimum Gasteiger partial charge on any atom is -0.480 e. The van der Waals surface area contributed by atoms with E-state index >= 15 is 0 Å². The monoisotopic (exact) mass is 307 g/mol. The Bertz CT molecular complexity index is 615. The van der Waals surface area contributed by atoms with Crippen LogP contribution in [0.4, 0.5) is 4.39 Å². The first-order chi connectivity index (χ1) is 8.81. The Labute approximate surface area is 114 Å². The van der Waals surface area contributed by atoms with Gasteiger partial charge < -0.3 is 5.11 Å². The third-order valence-electron chi connectivity index (χ3n) is 2.84. The second-order valence-electron chi connectivity index (χ2n) is 4.35. The van der Waals surface area contributed by atoms with E-state index in [4.69, 9.17) is 16.7 Å². The number of benzene rings is 1. The third kappa shape index (κ3) is 3.23. The molecule has 1 saturated carbocycles. The summed E-state index contributed by atoms with van der Waals surface area (Å²) in [5.74, 6) is -2.15. The number of carboxylic acids is 1. The summed E-state index contributed by atoms with van der Waals surface area (Å²) in [5.41, 5.74) is 0. The Morgan fingerprint density at radius 3 is 2.58 bits per heavy atom. The second-order valence-corrected chi connectivity index (χ2v) is 6.47. The predicted molar refractivity (Wildman–Crippen MR) is 65.9 cm³/mol. The highest BCUT2D eigenvalue weighted by molar-refractivity contribution is 7.89. The van der Waals surface area contributed by atoms with E-state index in [1.165, 1.54) is 0 Å². The SMILES string of the molecule is O=C(O)C(NS(=O)(=O)c1ccc(F)c(Cl)c1)C1CC1. The molecule has 0 bridgehead atoms. The molecule has 1 fully saturated rings. The van der Waals surface area contributed by atoms with Crippen LogP contribution in [0.15, 0.2) is 23.1 Å². The summed E-state index contributed by atoms with van der Waals surface area (Å²) in [6, 6.07) is 1.75. The number of rotatable bonds is 5. The minimum atomic E-state index is -4.03. The quantitative estimate of drug-likeness (QED) is 0.866. The van der Waals surface area contributed by atoms with Gasteiger partial charge in [-0.25, -0.2) is 12.8 Å². The van der Waals surface area contributed by atoms with E-state index in [1.54, 1.807) is 0 Å². The molecule has 1 aromatic rings. The fraction of sp³-hybridized carbons (Fsp3) is 0.364. The smallest absolute Gasteiger partial charge is 0.322 e. The summed E-state index contributed by atoms with van der Waals surface area (Å²) in [6.45, 7) is 0. The average molecular weight is 308 g/mol. The molecular formula is C11H11ClFNO4S. The van der Waals surface area contributed by atoms with Crippen molar-refractivity contribution in [1.82, 2.24) is 4.72 Å². The lowest BCUT2D eigenvalue weighted by molar-refractivity contribution is -0.139. The molecule has 0 aliphatic heterocycles. The van der Waals surface area contributed by atoms with Gasteiger partial charge in [-0.2, -0.15) is 4.72 Å². The van der Waals surface area contributed by atoms with Gasteiger partial charge in [-0.15, -0.1) is 0 Å². The van der Waals surface area contributed by atoms with Crippen molar-refractivity contribution in [3.63, 3.8) is 0 Å².